The number of methoxy groups -OCH3 is 1. The standard InChI is InChI=1S/C13H16F3NO/c1-18-12-6-7-17-8-11(12)9-2-4-10(5-3-9)13(14,15)16/h2-5,11-12,17H,6-8H2,1H3. The monoisotopic (exact) mass is 259 g/mol. The maximum atomic E-state index is 12.5. The van der Waals surface area contributed by atoms with Gasteiger partial charge in [-0.2, -0.15) is 13.2 Å². The number of benzene rings is 1. The maximum Gasteiger partial charge on any atom is 0.416 e. The normalized spacial score (nSPS) is 25.1. The van der Waals surface area contributed by atoms with Crippen LogP contribution in [0, 0.1) is 0 Å². The van der Waals surface area contributed by atoms with E-state index in [9.17, 15) is 13.2 Å². The number of nitrogens with one attached hydrogen (secondary N) is 1. The lowest BCUT2D eigenvalue weighted by molar-refractivity contribution is -0.137. The van der Waals surface area contributed by atoms with Crippen LogP contribution in [0.25, 0.3) is 0 Å². The van der Waals surface area contributed by atoms with Crippen molar-refractivity contribution >= 4 is 0 Å². The molecule has 1 heterocycles. The third-order valence-electron chi connectivity index (χ3n) is 3.39. The van der Waals surface area contributed by atoms with Gasteiger partial charge in [0.25, 0.3) is 0 Å². The van der Waals surface area contributed by atoms with E-state index in [1.165, 1.54) is 0 Å². The van der Waals surface area contributed by atoms with E-state index < -0.39 is 11.7 Å². The van der Waals surface area contributed by atoms with Crippen LogP contribution >= 0.6 is 0 Å². The zero-order valence-corrected chi connectivity index (χ0v) is 10.1. The number of ether oxygens (including phenoxy) is 1. The van der Waals surface area contributed by atoms with Crippen LogP contribution in [0.15, 0.2) is 24.3 Å². The summed E-state index contributed by atoms with van der Waals surface area (Å²) in [5.41, 5.74) is 0.283. The lowest BCUT2D eigenvalue weighted by Crippen LogP contribution is -2.39. The highest BCUT2D eigenvalue weighted by atomic mass is 19.4. The van der Waals surface area contributed by atoms with Gasteiger partial charge >= 0.3 is 6.18 Å². The minimum absolute atomic E-state index is 0.0722. The van der Waals surface area contributed by atoms with Crippen LogP contribution in [0.1, 0.15) is 23.5 Å². The van der Waals surface area contributed by atoms with Crippen molar-refractivity contribution < 1.29 is 17.9 Å². The van der Waals surface area contributed by atoms with Gasteiger partial charge in [0, 0.05) is 19.6 Å². The topological polar surface area (TPSA) is 21.3 Å². The van der Waals surface area contributed by atoms with Crippen molar-refractivity contribution in [2.45, 2.75) is 24.6 Å². The Bertz CT molecular complexity index is 388. The van der Waals surface area contributed by atoms with Crippen molar-refractivity contribution in [3.05, 3.63) is 35.4 Å². The molecule has 1 aliphatic rings. The number of rotatable bonds is 2. The molecule has 1 fully saturated rings. The van der Waals surface area contributed by atoms with Crippen molar-refractivity contribution in [3.63, 3.8) is 0 Å². The van der Waals surface area contributed by atoms with Crippen LogP contribution in [0.4, 0.5) is 13.2 Å². The zero-order valence-electron chi connectivity index (χ0n) is 10.1. The van der Waals surface area contributed by atoms with E-state index in [4.69, 9.17) is 4.74 Å². The van der Waals surface area contributed by atoms with Crippen molar-refractivity contribution in [1.29, 1.82) is 0 Å². The Morgan fingerprint density at radius 3 is 2.44 bits per heavy atom. The molecule has 2 atom stereocenters. The molecule has 1 aliphatic heterocycles. The van der Waals surface area contributed by atoms with Crippen molar-refractivity contribution in [2.24, 2.45) is 0 Å². The van der Waals surface area contributed by atoms with Crippen LogP contribution in [0.2, 0.25) is 0 Å². The number of hydrogen-bond donors (Lipinski definition) is 1. The highest BCUT2D eigenvalue weighted by molar-refractivity contribution is 5.28. The molecule has 1 saturated heterocycles. The molecule has 0 aliphatic carbocycles. The Balaban J connectivity index is 2.18. The zero-order chi connectivity index (χ0) is 13.2. The summed E-state index contributed by atoms with van der Waals surface area (Å²) >= 11 is 0. The Morgan fingerprint density at radius 1 is 1.22 bits per heavy atom. The highest BCUT2D eigenvalue weighted by Gasteiger charge is 2.31. The quantitative estimate of drug-likeness (QED) is 0.881. The van der Waals surface area contributed by atoms with E-state index in [0.29, 0.717) is 0 Å². The van der Waals surface area contributed by atoms with Gasteiger partial charge in [0.05, 0.1) is 11.7 Å². The summed E-state index contributed by atoms with van der Waals surface area (Å²) in [6.45, 7) is 1.62. The van der Waals surface area contributed by atoms with Crippen LogP contribution < -0.4 is 5.32 Å². The average molecular weight is 259 g/mol. The largest absolute Gasteiger partial charge is 0.416 e. The molecule has 2 unspecified atom stereocenters. The summed E-state index contributed by atoms with van der Waals surface area (Å²) in [6.07, 6.45) is -3.32. The summed E-state index contributed by atoms with van der Waals surface area (Å²) < 4.78 is 42.8. The number of alkyl halides is 3. The molecule has 0 amide bonds. The summed E-state index contributed by atoms with van der Waals surface area (Å²) in [5, 5.41) is 3.24. The fraction of sp³-hybridized carbons (Fsp3) is 0.538. The van der Waals surface area contributed by atoms with Crippen LogP contribution in [-0.2, 0) is 10.9 Å². The molecular formula is C13H16F3NO. The van der Waals surface area contributed by atoms with E-state index in [1.807, 2.05) is 0 Å². The Labute approximate surface area is 104 Å². The second-order valence-electron chi connectivity index (χ2n) is 4.49. The van der Waals surface area contributed by atoms with Gasteiger partial charge in [0.15, 0.2) is 0 Å². The molecule has 1 aromatic rings. The first-order chi connectivity index (χ1) is 8.52. The fourth-order valence-electron chi connectivity index (χ4n) is 2.37. The van der Waals surface area contributed by atoms with Gasteiger partial charge in [-0.25, -0.2) is 0 Å². The summed E-state index contributed by atoms with van der Waals surface area (Å²) in [5.74, 6) is 0.117. The molecule has 0 bridgehead atoms. The second kappa shape index (κ2) is 5.28. The summed E-state index contributed by atoms with van der Waals surface area (Å²) in [6, 6.07) is 5.37. The smallest absolute Gasteiger partial charge is 0.381 e. The minimum atomic E-state index is -4.27. The average Bonchev–Trinajstić information content (AvgIpc) is 2.38. The van der Waals surface area contributed by atoms with Crippen molar-refractivity contribution in [2.75, 3.05) is 20.2 Å². The first kappa shape index (κ1) is 13.4. The van der Waals surface area contributed by atoms with Gasteiger partial charge < -0.3 is 10.1 Å². The molecule has 1 aromatic carbocycles. The molecular weight excluding hydrogens is 243 g/mol. The molecule has 2 rings (SSSR count). The number of piperidine rings is 1. The van der Waals surface area contributed by atoms with Gasteiger partial charge in [-0.3, -0.25) is 0 Å². The molecule has 2 nitrogen and oxygen atoms in total. The minimum Gasteiger partial charge on any atom is -0.381 e. The van der Waals surface area contributed by atoms with Gasteiger partial charge in [-0.05, 0) is 30.7 Å². The maximum absolute atomic E-state index is 12.5. The first-order valence-electron chi connectivity index (χ1n) is 5.93. The van der Waals surface area contributed by atoms with E-state index in [2.05, 4.69) is 5.32 Å². The lowest BCUT2D eigenvalue weighted by atomic mass is 9.88. The summed E-state index contributed by atoms with van der Waals surface area (Å²) in [7, 11) is 1.65. The van der Waals surface area contributed by atoms with Crippen LogP contribution in [-0.4, -0.2) is 26.3 Å². The third kappa shape index (κ3) is 2.84. The third-order valence-corrected chi connectivity index (χ3v) is 3.39. The predicted molar refractivity (Wildman–Crippen MR) is 62.5 cm³/mol. The van der Waals surface area contributed by atoms with E-state index >= 15 is 0 Å². The van der Waals surface area contributed by atoms with Gasteiger partial charge in [0.2, 0.25) is 0 Å². The molecule has 1 N–H and O–H groups in total. The molecule has 18 heavy (non-hydrogen) atoms. The Morgan fingerprint density at radius 2 is 1.89 bits per heavy atom. The van der Waals surface area contributed by atoms with Gasteiger partial charge in [-0.15, -0.1) is 0 Å². The van der Waals surface area contributed by atoms with E-state index in [0.717, 1.165) is 37.2 Å². The van der Waals surface area contributed by atoms with E-state index in [-0.39, 0.29) is 12.0 Å². The predicted octanol–water partition coefficient (Wildman–Crippen LogP) is 2.80. The van der Waals surface area contributed by atoms with Crippen molar-refractivity contribution in [1.82, 2.24) is 5.32 Å². The molecule has 0 spiro atoms. The molecule has 100 valence electrons. The van der Waals surface area contributed by atoms with Crippen LogP contribution in [0.3, 0.4) is 0 Å². The molecule has 0 saturated carbocycles. The highest BCUT2D eigenvalue weighted by Crippen LogP contribution is 2.32. The van der Waals surface area contributed by atoms with E-state index in [1.54, 1.807) is 19.2 Å². The molecule has 5 heteroatoms. The van der Waals surface area contributed by atoms with Gasteiger partial charge in [-0.1, -0.05) is 12.1 Å². The summed E-state index contributed by atoms with van der Waals surface area (Å²) in [4.78, 5) is 0. The molecule has 0 aromatic heterocycles. The Hall–Kier alpha value is -1.07. The molecule has 0 radical (unpaired) electrons. The fourth-order valence-corrected chi connectivity index (χ4v) is 2.37. The Kier molecular flexibility index (Phi) is 3.92. The van der Waals surface area contributed by atoms with Gasteiger partial charge in [0.1, 0.15) is 0 Å². The SMILES string of the molecule is COC1CCNCC1c1ccc(C(F)(F)F)cc1. The number of hydrogen-bond acceptors (Lipinski definition) is 2. The first-order valence-corrected chi connectivity index (χ1v) is 5.93. The lowest BCUT2D eigenvalue weighted by Gasteiger charge is -2.31. The number of halogens is 3. The van der Waals surface area contributed by atoms with Crippen molar-refractivity contribution in [3.8, 4) is 0 Å². The second-order valence-corrected chi connectivity index (χ2v) is 4.49. The van der Waals surface area contributed by atoms with Crippen LogP contribution in [0.5, 0.6) is 0 Å².